The molecule has 1 heterocycles. The molecule has 1 aromatic carbocycles. The monoisotopic (exact) mass is 378 g/mol. The second kappa shape index (κ2) is 9.04. The number of carbonyl (C=O) groups excluding carboxylic acids is 2. The minimum absolute atomic E-state index is 0.0812. The van der Waals surface area contributed by atoms with E-state index < -0.39 is 24.8 Å². The number of halogens is 2. The van der Waals surface area contributed by atoms with Crippen LogP contribution in [0, 0.1) is 0 Å². The summed E-state index contributed by atoms with van der Waals surface area (Å²) in [4.78, 5) is 29.7. The largest absolute Gasteiger partial charge is 0.472 e. The highest BCUT2D eigenvalue weighted by Gasteiger charge is 2.14. The lowest BCUT2D eigenvalue weighted by Crippen LogP contribution is -2.19. The van der Waals surface area contributed by atoms with Crippen molar-refractivity contribution in [3.05, 3.63) is 53.2 Å². The van der Waals surface area contributed by atoms with Gasteiger partial charge in [0.2, 0.25) is 11.8 Å². The highest BCUT2D eigenvalue weighted by molar-refractivity contribution is 6.05. The molecule has 0 bridgehead atoms. The van der Waals surface area contributed by atoms with Crippen molar-refractivity contribution < 1.29 is 23.1 Å². The van der Waals surface area contributed by atoms with Crippen LogP contribution in [0.4, 0.5) is 14.5 Å². The third-order valence-corrected chi connectivity index (χ3v) is 3.48. The zero-order valence-electron chi connectivity index (χ0n) is 14.9. The van der Waals surface area contributed by atoms with Crippen molar-refractivity contribution in [3.63, 3.8) is 0 Å². The Kier molecular flexibility index (Phi) is 6.78. The van der Waals surface area contributed by atoms with E-state index in [1.165, 1.54) is 24.4 Å². The Bertz CT molecular complexity index is 828. The van der Waals surface area contributed by atoms with Crippen molar-refractivity contribution in [2.24, 2.45) is 5.73 Å². The summed E-state index contributed by atoms with van der Waals surface area (Å²) in [6.45, 7) is -0.292. The molecule has 9 heteroatoms. The first-order chi connectivity index (χ1) is 12.8. The smallest absolute Gasteiger partial charge is 0.272 e. The number of nitrogens with zero attached hydrogens (tertiary/aromatic N) is 2. The van der Waals surface area contributed by atoms with E-state index >= 15 is 0 Å². The van der Waals surface area contributed by atoms with E-state index in [0.29, 0.717) is 12.2 Å². The molecule has 0 radical (unpaired) electrons. The summed E-state index contributed by atoms with van der Waals surface area (Å²) >= 11 is 0. The molecule has 7 nitrogen and oxygen atoms in total. The molecule has 0 aliphatic rings. The van der Waals surface area contributed by atoms with Gasteiger partial charge in [-0.25, -0.2) is 13.8 Å². The lowest BCUT2D eigenvalue weighted by Gasteiger charge is -2.16. The number of carbonyl (C=O) groups is 2. The van der Waals surface area contributed by atoms with Gasteiger partial charge in [0.15, 0.2) is 6.61 Å². The Morgan fingerprint density at radius 2 is 1.96 bits per heavy atom. The van der Waals surface area contributed by atoms with Crippen molar-refractivity contribution in [2.75, 3.05) is 26.0 Å². The highest BCUT2D eigenvalue weighted by Crippen LogP contribution is 2.21. The van der Waals surface area contributed by atoms with Gasteiger partial charge in [0, 0.05) is 35.6 Å². The molecule has 0 spiro atoms. The Morgan fingerprint density at radius 3 is 2.59 bits per heavy atom. The van der Waals surface area contributed by atoms with Gasteiger partial charge in [-0.15, -0.1) is 0 Å². The number of aromatic nitrogens is 1. The van der Waals surface area contributed by atoms with Gasteiger partial charge in [-0.05, 0) is 37.9 Å². The average Bonchev–Trinajstić information content (AvgIpc) is 2.61. The van der Waals surface area contributed by atoms with Crippen LogP contribution in [0.5, 0.6) is 5.88 Å². The number of hydrogen-bond donors (Lipinski definition) is 2. The molecule has 0 saturated heterocycles. The minimum Gasteiger partial charge on any atom is -0.472 e. The van der Waals surface area contributed by atoms with Gasteiger partial charge < -0.3 is 20.7 Å². The maximum Gasteiger partial charge on any atom is 0.272 e. The molecular weight excluding hydrogens is 358 g/mol. The van der Waals surface area contributed by atoms with Crippen molar-refractivity contribution in [3.8, 4) is 5.88 Å². The Balaban J connectivity index is 2.24. The fourth-order valence-electron chi connectivity index (χ4n) is 2.30. The topological polar surface area (TPSA) is 97.6 Å². The summed E-state index contributed by atoms with van der Waals surface area (Å²) in [5.41, 5.74) is 6.94. The van der Waals surface area contributed by atoms with Crippen LogP contribution in [-0.2, 0) is 6.54 Å². The van der Waals surface area contributed by atoms with Gasteiger partial charge in [0.25, 0.3) is 12.3 Å². The number of ether oxygens (including phenoxy) is 1. The third kappa shape index (κ3) is 6.00. The van der Waals surface area contributed by atoms with E-state index in [1.54, 1.807) is 12.1 Å². The number of primary amides is 1. The molecule has 3 N–H and O–H groups in total. The van der Waals surface area contributed by atoms with Crippen LogP contribution in [-0.4, -0.2) is 48.8 Å². The number of anilines is 1. The summed E-state index contributed by atoms with van der Waals surface area (Å²) in [6, 6.07) is 7.48. The quantitative estimate of drug-likeness (QED) is 0.733. The normalized spacial score (nSPS) is 10.9. The first-order valence-electron chi connectivity index (χ1n) is 8.02. The van der Waals surface area contributed by atoms with Crippen molar-refractivity contribution >= 4 is 17.5 Å². The number of amides is 2. The molecule has 2 amide bonds. The van der Waals surface area contributed by atoms with E-state index in [-0.39, 0.29) is 17.0 Å². The molecule has 0 aliphatic heterocycles. The molecule has 2 rings (SSSR count). The van der Waals surface area contributed by atoms with Gasteiger partial charge >= 0.3 is 0 Å². The number of benzene rings is 1. The fraction of sp³-hybridized carbons (Fsp3) is 0.278. The summed E-state index contributed by atoms with van der Waals surface area (Å²) in [5.74, 6) is -1.20. The molecule has 2 aromatic rings. The second-order valence-electron chi connectivity index (χ2n) is 6.01. The Labute approximate surface area is 155 Å². The second-order valence-corrected chi connectivity index (χ2v) is 6.01. The minimum atomic E-state index is -2.64. The van der Waals surface area contributed by atoms with Crippen LogP contribution in [0.25, 0.3) is 0 Å². The maximum atomic E-state index is 12.6. The molecule has 27 heavy (non-hydrogen) atoms. The summed E-state index contributed by atoms with van der Waals surface area (Å²) in [6.07, 6.45) is -1.36. The Morgan fingerprint density at radius 1 is 1.22 bits per heavy atom. The predicted molar refractivity (Wildman–Crippen MR) is 96.0 cm³/mol. The third-order valence-electron chi connectivity index (χ3n) is 3.48. The van der Waals surface area contributed by atoms with Gasteiger partial charge in [-0.3, -0.25) is 9.59 Å². The van der Waals surface area contributed by atoms with E-state index in [9.17, 15) is 18.4 Å². The number of rotatable bonds is 8. The molecule has 144 valence electrons. The van der Waals surface area contributed by atoms with Crippen molar-refractivity contribution in [1.29, 1.82) is 0 Å². The average molecular weight is 378 g/mol. The maximum absolute atomic E-state index is 12.6. The first-order valence-corrected chi connectivity index (χ1v) is 8.02. The predicted octanol–water partition coefficient (Wildman–Crippen LogP) is 2.14. The lowest BCUT2D eigenvalue weighted by molar-refractivity contribution is 0.0795. The van der Waals surface area contributed by atoms with Crippen LogP contribution in [0.2, 0.25) is 0 Å². The Hall–Kier alpha value is -3.07. The van der Waals surface area contributed by atoms with Crippen LogP contribution in [0.15, 0.2) is 36.5 Å². The van der Waals surface area contributed by atoms with Gasteiger partial charge in [-0.1, -0.05) is 6.07 Å². The van der Waals surface area contributed by atoms with Crippen LogP contribution in [0.1, 0.15) is 26.3 Å². The number of alkyl halides is 2. The lowest BCUT2D eigenvalue weighted by atomic mass is 10.1. The van der Waals surface area contributed by atoms with Gasteiger partial charge in [-0.2, -0.15) is 0 Å². The standard InChI is InChI=1S/C18H20F2N4O3/c1-24(2)9-13-4-3-11(17(21)25)7-14(13)23-18(26)12-5-6-22-16(8-12)27-10-15(19)20/h3-8,15H,9-10H2,1-2H3,(H2,21,25)(H,23,26). The van der Waals surface area contributed by atoms with Gasteiger partial charge in [0.05, 0.1) is 0 Å². The fourth-order valence-corrected chi connectivity index (χ4v) is 2.30. The van der Waals surface area contributed by atoms with E-state index in [4.69, 9.17) is 10.5 Å². The van der Waals surface area contributed by atoms with Crippen molar-refractivity contribution in [2.45, 2.75) is 13.0 Å². The molecule has 0 unspecified atom stereocenters. The SMILES string of the molecule is CN(C)Cc1ccc(C(N)=O)cc1NC(=O)c1ccnc(OCC(F)F)c1. The van der Waals surface area contributed by atoms with E-state index in [1.807, 2.05) is 19.0 Å². The molecule has 0 saturated carbocycles. The zero-order valence-corrected chi connectivity index (χ0v) is 14.9. The van der Waals surface area contributed by atoms with Crippen LogP contribution < -0.4 is 15.8 Å². The number of pyridine rings is 1. The van der Waals surface area contributed by atoms with E-state index in [2.05, 4.69) is 10.3 Å². The molecule has 0 fully saturated rings. The summed E-state index contributed by atoms with van der Waals surface area (Å²) in [7, 11) is 3.73. The molecule has 0 aliphatic carbocycles. The van der Waals surface area contributed by atoms with Crippen LogP contribution in [0.3, 0.4) is 0 Å². The number of nitrogens with two attached hydrogens (primary N) is 1. The zero-order chi connectivity index (χ0) is 20.0. The summed E-state index contributed by atoms with van der Waals surface area (Å²) in [5, 5.41) is 2.71. The van der Waals surface area contributed by atoms with Crippen LogP contribution >= 0.6 is 0 Å². The molecule has 1 aromatic heterocycles. The highest BCUT2D eigenvalue weighted by atomic mass is 19.3. The number of nitrogens with one attached hydrogen (secondary N) is 1. The molecule has 0 atom stereocenters. The molecular formula is C18H20F2N4O3. The summed E-state index contributed by atoms with van der Waals surface area (Å²) < 4.78 is 29.3. The van der Waals surface area contributed by atoms with E-state index in [0.717, 1.165) is 5.56 Å². The van der Waals surface area contributed by atoms with Crippen molar-refractivity contribution in [1.82, 2.24) is 9.88 Å². The van der Waals surface area contributed by atoms with Gasteiger partial charge in [0.1, 0.15) is 0 Å². The number of hydrogen-bond acceptors (Lipinski definition) is 5. The first kappa shape index (κ1) is 20.2.